The molecule has 9 nitrogen and oxygen atoms in total. The maximum atomic E-state index is 13.0. The minimum Gasteiger partial charge on any atom is -0.328 e. The Labute approximate surface area is 142 Å². The first kappa shape index (κ1) is 14.4. The van der Waals surface area contributed by atoms with Crippen LogP contribution in [0, 0.1) is 0 Å². The Hall–Kier alpha value is -2.97. The van der Waals surface area contributed by atoms with Gasteiger partial charge < -0.3 is 9.88 Å². The van der Waals surface area contributed by atoms with Gasteiger partial charge in [-0.25, -0.2) is 4.79 Å². The Morgan fingerprint density at radius 1 is 1.24 bits per heavy atom. The minimum atomic E-state index is -0.156. The Bertz CT molecular complexity index is 999. The summed E-state index contributed by atoms with van der Waals surface area (Å²) in [6.07, 6.45) is 3.80. The number of rotatable bonds is 3. The summed E-state index contributed by atoms with van der Waals surface area (Å²) in [7, 11) is 0. The lowest BCUT2D eigenvalue weighted by Crippen LogP contribution is -2.31. The monoisotopic (exact) mass is 339 g/mol. The van der Waals surface area contributed by atoms with E-state index in [-0.39, 0.29) is 17.6 Å². The van der Waals surface area contributed by atoms with E-state index in [2.05, 4.69) is 25.6 Å². The van der Waals surface area contributed by atoms with E-state index in [1.807, 2.05) is 6.07 Å². The van der Waals surface area contributed by atoms with E-state index in [0.717, 1.165) is 31.2 Å². The number of likely N-dealkylation sites (tertiary alicyclic amines) is 1. The third-order valence-corrected chi connectivity index (χ3v) is 5.05. The summed E-state index contributed by atoms with van der Waals surface area (Å²) in [6.45, 7) is 0.662. The largest absolute Gasteiger partial charge is 0.328 e. The number of amides is 1. The highest BCUT2D eigenvalue weighted by Crippen LogP contribution is 2.36. The number of fused-ring (bicyclic) bond motifs is 1. The van der Waals surface area contributed by atoms with E-state index in [0.29, 0.717) is 29.5 Å². The van der Waals surface area contributed by atoms with Crippen molar-refractivity contribution in [2.75, 3.05) is 6.54 Å². The summed E-state index contributed by atoms with van der Waals surface area (Å²) in [4.78, 5) is 29.8. The molecule has 0 spiro atoms. The fraction of sp³-hybridized carbons (Fsp3) is 0.438. The van der Waals surface area contributed by atoms with Crippen molar-refractivity contribution < 1.29 is 4.79 Å². The molecule has 1 saturated heterocycles. The predicted octanol–water partition coefficient (Wildman–Crippen LogP) is 1.15. The minimum absolute atomic E-state index is 0.0748. The zero-order valence-corrected chi connectivity index (χ0v) is 13.5. The van der Waals surface area contributed by atoms with Gasteiger partial charge in [0.2, 0.25) is 0 Å². The molecule has 9 heteroatoms. The van der Waals surface area contributed by atoms with Gasteiger partial charge >= 0.3 is 5.69 Å². The molecule has 3 aromatic rings. The average Bonchev–Trinajstić information content (AvgIpc) is 3.05. The fourth-order valence-electron chi connectivity index (χ4n) is 3.71. The molecule has 1 aliphatic carbocycles. The summed E-state index contributed by atoms with van der Waals surface area (Å²) in [5.41, 5.74) is 2.03. The molecular formula is C16H17N7O2. The highest BCUT2D eigenvalue weighted by atomic mass is 16.2. The van der Waals surface area contributed by atoms with Gasteiger partial charge in [-0.1, -0.05) is 5.21 Å². The fourth-order valence-corrected chi connectivity index (χ4v) is 3.71. The van der Waals surface area contributed by atoms with Gasteiger partial charge in [-0.15, -0.1) is 10.2 Å². The van der Waals surface area contributed by atoms with Gasteiger partial charge in [0.15, 0.2) is 5.82 Å². The maximum absolute atomic E-state index is 13.0. The molecular weight excluding hydrogens is 322 g/mol. The van der Waals surface area contributed by atoms with E-state index < -0.39 is 0 Å². The Balaban J connectivity index is 1.50. The first-order valence-corrected chi connectivity index (χ1v) is 8.51. The summed E-state index contributed by atoms with van der Waals surface area (Å²) in [5, 5.41) is 14.1. The number of H-pyrrole nitrogens is 2. The zero-order chi connectivity index (χ0) is 17.0. The molecule has 2 fully saturated rings. The second-order valence-electron chi connectivity index (χ2n) is 6.69. The lowest BCUT2D eigenvalue weighted by molar-refractivity contribution is 0.0730. The van der Waals surface area contributed by atoms with Crippen LogP contribution in [0.15, 0.2) is 23.0 Å². The molecule has 1 amide bonds. The SMILES string of the molecule is O=C(c1ccc2c(c1)[nH]c(=O)n2C1CC1)N1CCCC1c1nn[nH]n1. The van der Waals surface area contributed by atoms with Gasteiger partial charge in [0, 0.05) is 18.2 Å². The number of aromatic amines is 2. The van der Waals surface area contributed by atoms with Gasteiger partial charge in [0.25, 0.3) is 5.91 Å². The standard InChI is InChI=1S/C16H17N7O2/c24-15(22-7-1-2-13(22)14-18-20-21-19-14)9-3-6-12-11(8-9)17-16(25)23(12)10-4-5-10/h3,6,8,10,13H,1-2,4-5,7H2,(H,17,25)(H,18,19,20,21). The number of imidazole rings is 1. The molecule has 25 heavy (non-hydrogen) atoms. The topological polar surface area (TPSA) is 113 Å². The van der Waals surface area contributed by atoms with Crippen LogP contribution in [0.3, 0.4) is 0 Å². The highest BCUT2D eigenvalue weighted by molar-refractivity contribution is 5.97. The van der Waals surface area contributed by atoms with Crippen molar-refractivity contribution >= 4 is 16.9 Å². The molecule has 1 aromatic carbocycles. The Kier molecular flexibility index (Phi) is 3.03. The van der Waals surface area contributed by atoms with Gasteiger partial charge in [-0.05, 0) is 43.9 Å². The van der Waals surface area contributed by atoms with E-state index in [9.17, 15) is 9.59 Å². The van der Waals surface area contributed by atoms with Crippen molar-refractivity contribution in [3.05, 3.63) is 40.1 Å². The lowest BCUT2D eigenvalue weighted by Gasteiger charge is -2.22. The van der Waals surface area contributed by atoms with Crippen molar-refractivity contribution in [3.63, 3.8) is 0 Å². The molecule has 128 valence electrons. The Morgan fingerprint density at radius 3 is 2.88 bits per heavy atom. The third kappa shape index (κ3) is 2.26. The van der Waals surface area contributed by atoms with Crippen LogP contribution in [0.25, 0.3) is 11.0 Å². The van der Waals surface area contributed by atoms with Gasteiger partial charge in [-0.3, -0.25) is 9.36 Å². The molecule has 0 bridgehead atoms. The lowest BCUT2D eigenvalue weighted by atomic mass is 10.1. The number of hydrogen-bond donors (Lipinski definition) is 2. The third-order valence-electron chi connectivity index (χ3n) is 5.05. The number of benzene rings is 1. The molecule has 2 aliphatic rings. The van der Waals surface area contributed by atoms with Crippen LogP contribution in [0.4, 0.5) is 0 Å². The summed E-state index contributed by atoms with van der Waals surface area (Å²) in [6, 6.07) is 5.56. The molecule has 1 aliphatic heterocycles. The number of carbonyl (C=O) groups excluding carboxylic acids is 1. The molecule has 1 saturated carbocycles. The molecule has 3 heterocycles. The predicted molar refractivity (Wildman–Crippen MR) is 88.0 cm³/mol. The van der Waals surface area contributed by atoms with Crippen LogP contribution < -0.4 is 5.69 Å². The second kappa shape index (κ2) is 5.27. The summed E-state index contributed by atoms with van der Waals surface area (Å²) < 4.78 is 1.79. The second-order valence-corrected chi connectivity index (χ2v) is 6.69. The molecule has 2 aromatic heterocycles. The number of tetrazole rings is 1. The molecule has 2 N–H and O–H groups in total. The molecule has 1 atom stereocenters. The number of aromatic nitrogens is 6. The Morgan fingerprint density at radius 2 is 2.12 bits per heavy atom. The number of nitrogens with zero attached hydrogens (tertiary/aromatic N) is 5. The van der Waals surface area contributed by atoms with Gasteiger partial charge in [0.1, 0.15) is 0 Å². The molecule has 0 radical (unpaired) electrons. The van der Waals surface area contributed by atoms with E-state index in [4.69, 9.17) is 0 Å². The van der Waals surface area contributed by atoms with E-state index in [1.54, 1.807) is 21.6 Å². The van der Waals surface area contributed by atoms with Crippen LogP contribution in [-0.4, -0.2) is 47.5 Å². The van der Waals surface area contributed by atoms with Crippen LogP contribution in [0.5, 0.6) is 0 Å². The first-order chi connectivity index (χ1) is 12.2. The highest BCUT2D eigenvalue weighted by Gasteiger charge is 2.33. The van der Waals surface area contributed by atoms with Crippen molar-refractivity contribution in [2.45, 2.75) is 37.8 Å². The summed E-state index contributed by atoms with van der Waals surface area (Å²) in [5.74, 6) is 0.467. The van der Waals surface area contributed by atoms with Crippen LogP contribution in [0.1, 0.15) is 53.9 Å². The normalized spacial score (nSPS) is 20.5. The smallest absolute Gasteiger partial charge is 0.326 e. The quantitative estimate of drug-likeness (QED) is 0.743. The van der Waals surface area contributed by atoms with Crippen LogP contribution in [0.2, 0.25) is 0 Å². The zero-order valence-electron chi connectivity index (χ0n) is 13.5. The van der Waals surface area contributed by atoms with Crippen LogP contribution in [-0.2, 0) is 0 Å². The number of carbonyl (C=O) groups is 1. The van der Waals surface area contributed by atoms with Crippen molar-refractivity contribution in [1.29, 1.82) is 0 Å². The van der Waals surface area contributed by atoms with E-state index >= 15 is 0 Å². The average molecular weight is 339 g/mol. The van der Waals surface area contributed by atoms with Crippen molar-refractivity contribution in [3.8, 4) is 0 Å². The van der Waals surface area contributed by atoms with Gasteiger partial charge in [0.05, 0.1) is 17.1 Å². The maximum Gasteiger partial charge on any atom is 0.326 e. The number of hydrogen-bond acceptors (Lipinski definition) is 5. The number of nitrogens with one attached hydrogen (secondary N) is 2. The summed E-state index contributed by atoms with van der Waals surface area (Å²) >= 11 is 0. The van der Waals surface area contributed by atoms with Crippen molar-refractivity contribution in [2.24, 2.45) is 0 Å². The van der Waals surface area contributed by atoms with Gasteiger partial charge in [-0.2, -0.15) is 5.21 Å². The van der Waals surface area contributed by atoms with Crippen molar-refractivity contribution in [1.82, 2.24) is 35.1 Å². The molecule has 5 rings (SSSR count). The van der Waals surface area contributed by atoms with Crippen LogP contribution >= 0.6 is 0 Å². The van der Waals surface area contributed by atoms with E-state index in [1.165, 1.54) is 0 Å². The first-order valence-electron chi connectivity index (χ1n) is 8.51. The molecule has 1 unspecified atom stereocenters.